The van der Waals surface area contributed by atoms with Gasteiger partial charge < -0.3 is 9.47 Å². The van der Waals surface area contributed by atoms with Crippen molar-refractivity contribution < 1.29 is 4.79 Å². The highest BCUT2D eigenvalue weighted by Gasteiger charge is 2.27. The van der Waals surface area contributed by atoms with E-state index >= 15 is 0 Å². The third-order valence-electron chi connectivity index (χ3n) is 4.96. The van der Waals surface area contributed by atoms with E-state index in [0.717, 1.165) is 22.8 Å². The van der Waals surface area contributed by atoms with Crippen LogP contribution in [0.2, 0.25) is 5.02 Å². The number of halogens is 1. The lowest BCUT2D eigenvalue weighted by atomic mass is 9.91. The van der Waals surface area contributed by atoms with Crippen molar-refractivity contribution in [1.82, 2.24) is 9.47 Å². The van der Waals surface area contributed by atoms with E-state index in [4.69, 9.17) is 11.6 Å². The quantitative estimate of drug-likeness (QED) is 0.571. The number of amides is 1. The van der Waals surface area contributed by atoms with Crippen molar-refractivity contribution in [3.8, 4) is 0 Å². The highest BCUT2D eigenvalue weighted by molar-refractivity contribution is 6.30. The maximum absolute atomic E-state index is 13.0. The van der Waals surface area contributed by atoms with Crippen molar-refractivity contribution in [2.24, 2.45) is 11.3 Å². The molecule has 0 spiro atoms. The minimum atomic E-state index is -0.0190. The Balaban J connectivity index is 2.22. The third-order valence-corrected chi connectivity index (χ3v) is 5.19. The monoisotopic (exact) mass is 388 g/mol. The van der Waals surface area contributed by atoms with Gasteiger partial charge in [-0.2, -0.15) is 0 Å². The molecule has 0 unspecified atom stereocenters. The second-order valence-corrected chi connectivity index (χ2v) is 9.44. The van der Waals surface area contributed by atoms with Crippen molar-refractivity contribution in [1.29, 1.82) is 0 Å². The first kappa shape index (κ1) is 21.6. The SMILES string of the molecule is CC(C)[C@H](C)N(Cc1cccn1Cc1cccc(Cl)c1)C(=O)CC(C)(C)C. The summed E-state index contributed by atoms with van der Waals surface area (Å²) in [4.78, 5) is 15.1. The van der Waals surface area contributed by atoms with Gasteiger partial charge in [0.25, 0.3) is 0 Å². The van der Waals surface area contributed by atoms with Crippen LogP contribution in [0.4, 0.5) is 0 Å². The normalized spacial score (nSPS) is 13.0. The van der Waals surface area contributed by atoms with Crippen molar-refractivity contribution in [2.75, 3.05) is 0 Å². The number of benzene rings is 1. The molecule has 2 aromatic rings. The third kappa shape index (κ3) is 6.42. The summed E-state index contributed by atoms with van der Waals surface area (Å²) in [6.45, 7) is 14.2. The Morgan fingerprint density at radius 2 is 1.85 bits per heavy atom. The number of aromatic nitrogens is 1. The predicted octanol–water partition coefficient (Wildman–Crippen LogP) is 6.00. The van der Waals surface area contributed by atoms with Crippen molar-refractivity contribution in [3.63, 3.8) is 0 Å². The first-order valence-corrected chi connectivity index (χ1v) is 10.1. The van der Waals surface area contributed by atoms with Crippen LogP contribution in [0.3, 0.4) is 0 Å². The van der Waals surface area contributed by atoms with Crippen molar-refractivity contribution in [2.45, 2.75) is 67.1 Å². The van der Waals surface area contributed by atoms with Crippen LogP contribution in [0.1, 0.15) is 59.2 Å². The van der Waals surface area contributed by atoms with Gasteiger partial charge in [0.05, 0.1) is 6.54 Å². The van der Waals surface area contributed by atoms with E-state index in [0.29, 0.717) is 18.9 Å². The zero-order valence-corrected chi connectivity index (χ0v) is 18.3. The molecule has 0 saturated carbocycles. The average molecular weight is 389 g/mol. The van der Waals surface area contributed by atoms with Crippen molar-refractivity contribution in [3.05, 3.63) is 58.9 Å². The summed E-state index contributed by atoms with van der Waals surface area (Å²) < 4.78 is 2.20. The lowest BCUT2D eigenvalue weighted by Gasteiger charge is -2.34. The van der Waals surface area contributed by atoms with Crippen LogP contribution in [0.25, 0.3) is 0 Å². The van der Waals surface area contributed by atoms with Crippen LogP contribution in [-0.4, -0.2) is 21.4 Å². The molecule has 0 saturated heterocycles. The lowest BCUT2D eigenvalue weighted by molar-refractivity contribution is -0.136. The summed E-state index contributed by atoms with van der Waals surface area (Å²) in [5, 5.41) is 0.747. The summed E-state index contributed by atoms with van der Waals surface area (Å²) >= 11 is 6.13. The topological polar surface area (TPSA) is 25.2 Å². The predicted molar refractivity (Wildman–Crippen MR) is 114 cm³/mol. The van der Waals surface area contributed by atoms with E-state index in [1.54, 1.807) is 0 Å². The van der Waals surface area contributed by atoms with Crippen LogP contribution in [0.5, 0.6) is 0 Å². The van der Waals surface area contributed by atoms with Gasteiger partial charge in [-0.3, -0.25) is 4.79 Å². The van der Waals surface area contributed by atoms with Gasteiger partial charge in [-0.05, 0) is 48.1 Å². The molecule has 1 aromatic heterocycles. The summed E-state index contributed by atoms with van der Waals surface area (Å²) in [6.07, 6.45) is 2.63. The maximum atomic E-state index is 13.0. The van der Waals surface area contributed by atoms with Gasteiger partial charge >= 0.3 is 0 Å². The Hall–Kier alpha value is -1.74. The zero-order chi connectivity index (χ0) is 20.2. The van der Waals surface area contributed by atoms with E-state index in [1.165, 1.54) is 0 Å². The molecule has 27 heavy (non-hydrogen) atoms. The largest absolute Gasteiger partial charge is 0.345 e. The highest BCUT2D eigenvalue weighted by Crippen LogP contribution is 2.24. The summed E-state index contributed by atoms with van der Waals surface area (Å²) in [6, 6.07) is 12.3. The van der Waals surface area contributed by atoms with E-state index in [-0.39, 0.29) is 17.4 Å². The number of hydrogen-bond acceptors (Lipinski definition) is 1. The summed E-state index contributed by atoms with van der Waals surface area (Å²) in [7, 11) is 0. The molecular weight excluding hydrogens is 356 g/mol. The first-order valence-electron chi connectivity index (χ1n) is 9.75. The molecule has 3 nitrogen and oxygen atoms in total. The molecule has 0 radical (unpaired) electrons. The van der Waals surface area contributed by atoms with E-state index < -0.39 is 0 Å². The number of carbonyl (C=O) groups is 1. The molecule has 1 atom stereocenters. The first-order chi connectivity index (χ1) is 12.6. The van der Waals surface area contributed by atoms with Gasteiger partial charge in [0, 0.05) is 35.9 Å². The second kappa shape index (κ2) is 8.97. The van der Waals surface area contributed by atoms with E-state index in [9.17, 15) is 4.79 Å². The maximum Gasteiger partial charge on any atom is 0.223 e. The standard InChI is InChI=1S/C23H33ClN2O/c1-17(2)18(3)26(22(27)14-23(4,5)6)16-21-11-8-12-25(21)15-19-9-7-10-20(24)13-19/h7-13,17-18H,14-16H2,1-6H3/t18-/m0/s1. The summed E-state index contributed by atoms with van der Waals surface area (Å²) in [5.41, 5.74) is 2.28. The van der Waals surface area contributed by atoms with Gasteiger partial charge in [-0.25, -0.2) is 0 Å². The molecule has 148 valence electrons. The second-order valence-electron chi connectivity index (χ2n) is 9.00. The fourth-order valence-corrected chi connectivity index (χ4v) is 3.34. The van der Waals surface area contributed by atoms with Gasteiger partial charge in [0.2, 0.25) is 5.91 Å². The number of nitrogens with zero attached hydrogens (tertiary/aromatic N) is 2. The number of rotatable bonds is 7. The van der Waals surface area contributed by atoms with Gasteiger partial charge in [0.15, 0.2) is 0 Å². The molecule has 0 aliphatic rings. The molecular formula is C23H33ClN2O. The lowest BCUT2D eigenvalue weighted by Crippen LogP contribution is -2.42. The molecule has 0 aliphatic heterocycles. The Kier molecular flexibility index (Phi) is 7.16. The molecule has 4 heteroatoms. The molecule has 2 rings (SSSR count). The summed E-state index contributed by atoms with van der Waals surface area (Å²) in [5.74, 6) is 0.629. The fraction of sp³-hybridized carbons (Fsp3) is 0.522. The number of hydrogen-bond donors (Lipinski definition) is 0. The van der Waals surface area contributed by atoms with Crippen LogP contribution < -0.4 is 0 Å². The van der Waals surface area contributed by atoms with Gasteiger partial charge in [-0.1, -0.05) is 58.4 Å². The molecule has 0 aliphatic carbocycles. The van der Waals surface area contributed by atoms with Crippen LogP contribution in [-0.2, 0) is 17.9 Å². The highest BCUT2D eigenvalue weighted by atomic mass is 35.5. The van der Waals surface area contributed by atoms with E-state index in [2.05, 4.69) is 64.4 Å². The Bertz CT molecular complexity index is 758. The molecule has 1 amide bonds. The Morgan fingerprint density at radius 1 is 1.15 bits per heavy atom. The molecule has 1 aromatic carbocycles. The Labute approximate surface area is 169 Å². The molecule has 0 N–H and O–H groups in total. The van der Waals surface area contributed by atoms with Crippen LogP contribution in [0.15, 0.2) is 42.6 Å². The minimum absolute atomic E-state index is 0.0190. The van der Waals surface area contributed by atoms with Crippen molar-refractivity contribution >= 4 is 17.5 Å². The van der Waals surface area contributed by atoms with Crippen LogP contribution >= 0.6 is 11.6 Å². The Morgan fingerprint density at radius 3 is 2.44 bits per heavy atom. The molecule has 0 fully saturated rings. The molecule has 1 heterocycles. The fourth-order valence-electron chi connectivity index (χ4n) is 3.13. The average Bonchev–Trinajstić information content (AvgIpc) is 2.97. The smallest absolute Gasteiger partial charge is 0.223 e. The minimum Gasteiger partial charge on any atom is -0.345 e. The molecule has 0 bridgehead atoms. The van der Waals surface area contributed by atoms with Crippen LogP contribution in [0, 0.1) is 11.3 Å². The van der Waals surface area contributed by atoms with E-state index in [1.807, 2.05) is 29.2 Å². The van der Waals surface area contributed by atoms with Gasteiger partial charge in [0.1, 0.15) is 0 Å². The van der Waals surface area contributed by atoms with Gasteiger partial charge in [-0.15, -0.1) is 0 Å². The zero-order valence-electron chi connectivity index (χ0n) is 17.5. The number of carbonyl (C=O) groups excluding carboxylic acids is 1.